The standard InChI is InChI=1S/C24H38O4.C14H24O4/c1-5-21(2,3)19(25)28-24-14-17-11-18(15-24)13-23(12-17,16-24)20(26)27-22(4)9-7-6-8-10-22;1-6-13(2,3)12(16)17-9-11(15)18-14(4,5)10-7-8-10/h17-18H,5-16H2,1-4H3;10H,6-9H2,1-5H3. The van der Waals surface area contributed by atoms with Crippen molar-refractivity contribution in [3.05, 3.63) is 0 Å². The summed E-state index contributed by atoms with van der Waals surface area (Å²) in [5, 5.41) is 0. The molecule has 0 N–H and O–H groups in total. The summed E-state index contributed by atoms with van der Waals surface area (Å²) in [6.07, 6.45) is 14.7. The van der Waals surface area contributed by atoms with E-state index in [-0.39, 0.29) is 30.1 Å². The Bertz CT molecular complexity index is 1130. The highest BCUT2D eigenvalue weighted by Gasteiger charge is 2.64. The van der Waals surface area contributed by atoms with Gasteiger partial charge < -0.3 is 18.9 Å². The van der Waals surface area contributed by atoms with Crippen LogP contribution in [-0.4, -0.2) is 47.3 Å². The van der Waals surface area contributed by atoms with Crippen LogP contribution in [0.4, 0.5) is 0 Å². The predicted molar refractivity (Wildman–Crippen MR) is 176 cm³/mol. The van der Waals surface area contributed by atoms with E-state index in [4.69, 9.17) is 18.9 Å². The molecule has 0 aliphatic heterocycles. The fraction of sp³-hybridized carbons (Fsp3) is 0.895. The van der Waals surface area contributed by atoms with Gasteiger partial charge in [0.2, 0.25) is 0 Å². The van der Waals surface area contributed by atoms with E-state index in [0.29, 0.717) is 30.6 Å². The molecule has 262 valence electrons. The average Bonchev–Trinajstić information content (AvgIpc) is 3.82. The third-order valence-corrected chi connectivity index (χ3v) is 12.1. The summed E-state index contributed by atoms with van der Waals surface area (Å²) in [7, 11) is 0. The Morgan fingerprint density at radius 3 is 1.80 bits per heavy atom. The molecule has 0 aromatic carbocycles. The number of rotatable bonds is 11. The minimum atomic E-state index is -0.549. The van der Waals surface area contributed by atoms with Crippen LogP contribution >= 0.6 is 0 Å². The molecular weight excluding hydrogens is 584 g/mol. The van der Waals surface area contributed by atoms with E-state index >= 15 is 0 Å². The third-order valence-electron chi connectivity index (χ3n) is 12.1. The molecule has 0 aromatic heterocycles. The number of hydrogen-bond donors (Lipinski definition) is 0. The van der Waals surface area contributed by atoms with E-state index in [9.17, 15) is 19.2 Å². The zero-order valence-corrected chi connectivity index (χ0v) is 30.3. The van der Waals surface area contributed by atoms with Crippen LogP contribution in [0.25, 0.3) is 0 Å². The number of carbonyl (C=O) groups excluding carboxylic acids is 4. The molecule has 6 rings (SSSR count). The molecule has 0 amide bonds. The summed E-state index contributed by atoms with van der Waals surface area (Å²) in [5.41, 5.74) is -2.63. The fourth-order valence-corrected chi connectivity index (χ4v) is 8.40. The van der Waals surface area contributed by atoms with Crippen LogP contribution in [0, 0.1) is 34.0 Å². The predicted octanol–water partition coefficient (Wildman–Crippen LogP) is 8.27. The molecule has 4 bridgehead atoms. The van der Waals surface area contributed by atoms with Crippen LogP contribution in [0.3, 0.4) is 0 Å². The summed E-state index contributed by atoms with van der Waals surface area (Å²) >= 11 is 0. The highest BCUT2D eigenvalue weighted by atomic mass is 16.6. The Morgan fingerprint density at radius 1 is 0.739 bits per heavy atom. The Kier molecular flexibility index (Phi) is 10.7. The molecule has 0 saturated heterocycles. The van der Waals surface area contributed by atoms with Crippen LogP contribution in [-0.2, 0) is 38.1 Å². The van der Waals surface area contributed by atoms with Crippen molar-refractivity contribution < 1.29 is 38.1 Å². The lowest BCUT2D eigenvalue weighted by molar-refractivity contribution is -0.224. The maximum Gasteiger partial charge on any atom is 0.344 e. The van der Waals surface area contributed by atoms with Gasteiger partial charge in [-0.15, -0.1) is 0 Å². The normalized spacial score (nSPS) is 30.0. The highest BCUT2D eigenvalue weighted by Crippen LogP contribution is 2.63. The van der Waals surface area contributed by atoms with E-state index in [0.717, 1.165) is 70.6 Å². The van der Waals surface area contributed by atoms with E-state index < -0.39 is 33.4 Å². The van der Waals surface area contributed by atoms with E-state index in [1.54, 1.807) is 13.8 Å². The number of hydrogen-bond acceptors (Lipinski definition) is 8. The minimum absolute atomic E-state index is 0.00109. The van der Waals surface area contributed by atoms with Crippen molar-refractivity contribution in [2.24, 2.45) is 34.0 Å². The molecule has 0 spiro atoms. The molecule has 6 aliphatic rings. The van der Waals surface area contributed by atoms with Gasteiger partial charge in [0.15, 0.2) is 6.61 Å². The van der Waals surface area contributed by atoms with Gasteiger partial charge in [0.25, 0.3) is 0 Å². The van der Waals surface area contributed by atoms with Crippen molar-refractivity contribution in [1.29, 1.82) is 0 Å². The molecule has 8 nitrogen and oxygen atoms in total. The topological polar surface area (TPSA) is 105 Å². The highest BCUT2D eigenvalue weighted by molar-refractivity contribution is 5.80. The van der Waals surface area contributed by atoms with Crippen molar-refractivity contribution in [2.45, 2.75) is 175 Å². The lowest BCUT2D eigenvalue weighted by Crippen LogP contribution is -2.61. The largest absolute Gasteiger partial charge is 0.459 e. The summed E-state index contributed by atoms with van der Waals surface area (Å²) in [4.78, 5) is 49.7. The molecule has 6 fully saturated rings. The first-order chi connectivity index (χ1) is 21.3. The van der Waals surface area contributed by atoms with Crippen molar-refractivity contribution in [3.63, 3.8) is 0 Å². The molecule has 0 radical (unpaired) electrons. The van der Waals surface area contributed by atoms with E-state index in [1.165, 1.54) is 12.8 Å². The summed E-state index contributed by atoms with van der Waals surface area (Å²) < 4.78 is 22.8. The quantitative estimate of drug-likeness (QED) is 0.163. The monoisotopic (exact) mass is 646 g/mol. The summed E-state index contributed by atoms with van der Waals surface area (Å²) in [5.74, 6) is 0.513. The maximum atomic E-state index is 13.5. The van der Waals surface area contributed by atoms with Crippen LogP contribution in [0.5, 0.6) is 0 Å². The van der Waals surface area contributed by atoms with Crippen molar-refractivity contribution in [1.82, 2.24) is 0 Å². The Hall–Kier alpha value is -2.12. The Labute approximate surface area is 277 Å². The first-order valence-corrected chi connectivity index (χ1v) is 18.1. The molecule has 6 saturated carbocycles. The molecule has 6 aliphatic carbocycles. The third kappa shape index (κ3) is 8.47. The van der Waals surface area contributed by atoms with Gasteiger partial charge in [-0.05, 0) is 150 Å². The zero-order chi connectivity index (χ0) is 34.2. The van der Waals surface area contributed by atoms with Gasteiger partial charge in [0, 0.05) is 6.42 Å². The number of carbonyl (C=O) groups is 4. The zero-order valence-electron chi connectivity index (χ0n) is 30.3. The van der Waals surface area contributed by atoms with Crippen molar-refractivity contribution in [2.75, 3.05) is 6.61 Å². The average molecular weight is 647 g/mol. The second-order valence-corrected chi connectivity index (χ2v) is 17.6. The summed E-state index contributed by atoms with van der Waals surface area (Å²) in [6, 6.07) is 0. The lowest BCUT2D eigenvalue weighted by atomic mass is 9.47. The number of esters is 4. The second kappa shape index (κ2) is 13.4. The smallest absolute Gasteiger partial charge is 0.344 e. The van der Waals surface area contributed by atoms with Gasteiger partial charge in [-0.3, -0.25) is 14.4 Å². The Balaban J connectivity index is 0.000000232. The summed E-state index contributed by atoms with van der Waals surface area (Å²) in [6.45, 7) is 17.1. The molecular formula is C38H62O8. The molecule has 2 unspecified atom stereocenters. The van der Waals surface area contributed by atoms with Gasteiger partial charge in [-0.25, -0.2) is 4.79 Å². The van der Waals surface area contributed by atoms with Gasteiger partial charge >= 0.3 is 23.9 Å². The van der Waals surface area contributed by atoms with Gasteiger partial charge in [-0.2, -0.15) is 0 Å². The molecule has 0 aromatic rings. The molecule has 0 heterocycles. The fourth-order valence-electron chi connectivity index (χ4n) is 8.40. The second-order valence-electron chi connectivity index (χ2n) is 17.6. The van der Waals surface area contributed by atoms with Gasteiger partial charge in [0.1, 0.15) is 16.8 Å². The maximum absolute atomic E-state index is 13.5. The Morgan fingerprint density at radius 2 is 1.28 bits per heavy atom. The molecule has 8 heteroatoms. The van der Waals surface area contributed by atoms with Crippen molar-refractivity contribution >= 4 is 23.9 Å². The van der Waals surface area contributed by atoms with E-state index in [2.05, 4.69) is 6.92 Å². The van der Waals surface area contributed by atoms with Crippen LogP contribution in [0.2, 0.25) is 0 Å². The molecule has 2 atom stereocenters. The van der Waals surface area contributed by atoms with Gasteiger partial charge in [-0.1, -0.05) is 20.3 Å². The SMILES string of the molecule is CCC(C)(C)C(=O)OC12CC3CC(C1)CC(C(=O)OC1(C)CCCCC1)(C3)C2.CCC(C)(C)C(=O)OCC(=O)OC(C)(C)C1CC1. The van der Waals surface area contributed by atoms with Gasteiger partial charge in [0.05, 0.1) is 16.2 Å². The van der Waals surface area contributed by atoms with Crippen LogP contribution in [0.1, 0.15) is 159 Å². The first-order valence-electron chi connectivity index (χ1n) is 18.1. The van der Waals surface area contributed by atoms with E-state index in [1.807, 2.05) is 41.5 Å². The van der Waals surface area contributed by atoms with Crippen LogP contribution in [0.15, 0.2) is 0 Å². The van der Waals surface area contributed by atoms with Crippen LogP contribution < -0.4 is 0 Å². The minimum Gasteiger partial charge on any atom is -0.459 e. The molecule has 46 heavy (non-hydrogen) atoms. The first kappa shape index (κ1) is 36.7. The number of ether oxygens (including phenoxy) is 4. The van der Waals surface area contributed by atoms with Crippen molar-refractivity contribution in [3.8, 4) is 0 Å². The lowest BCUT2D eigenvalue weighted by Gasteiger charge is -2.60.